The number of hydrogen-bond acceptors (Lipinski definition) is 7. The van der Waals surface area contributed by atoms with E-state index in [1.165, 1.54) is 18.9 Å². The molecular formula is C35H53N2O6+. The molecule has 2 aromatic rings. The van der Waals surface area contributed by atoms with Gasteiger partial charge in [-0.1, -0.05) is 62.6 Å². The number of hydrogen-bond donors (Lipinski definition) is 5. The first kappa shape index (κ1) is 32.4. The van der Waals surface area contributed by atoms with Crippen LogP contribution in [0, 0.1) is 11.8 Å². The molecule has 4 fully saturated rings. The van der Waals surface area contributed by atoms with Crippen molar-refractivity contribution in [2.24, 2.45) is 11.8 Å². The van der Waals surface area contributed by atoms with Gasteiger partial charge in [-0.2, -0.15) is 0 Å². The van der Waals surface area contributed by atoms with Crippen LogP contribution >= 0.6 is 0 Å². The van der Waals surface area contributed by atoms with Crippen LogP contribution in [0.4, 0.5) is 0 Å². The molecule has 4 aliphatic rings. The van der Waals surface area contributed by atoms with E-state index < -0.39 is 11.7 Å². The zero-order chi connectivity index (χ0) is 30.3. The van der Waals surface area contributed by atoms with Gasteiger partial charge in [0.25, 0.3) is 0 Å². The smallest absolute Gasteiger partial charge is 0.121 e. The average molecular weight is 598 g/mol. The summed E-state index contributed by atoms with van der Waals surface area (Å²) in [6.07, 6.45) is 7.83. The minimum Gasteiger partial charge on any atom is -0.508 e. The van der Waals surface area contributed by atoms with Crippen LogP contribution in [0.3, 0.4) is 0 Å². The molecule has 2 aromatic carbocycles. The van der Waals surface area contributed by atoms with E-state index >= 15 is 0 Å². The third-order valence-corrected chi connectivity index (χ3v) is 10.5. The minimum absolute atomic E-state index is 0.0289. The van der Waals surface area contributed by atoms with Crippen LogP contribution in [0.1, 0.15) is 81.1 Å². The van der Waals surface area contributed by atoms with Crippen molar-refractivity contribution in [3.05, 3.63) is 65.2 Å². The highest BCUT2D eigenvalue weighted by molar-refractivity contribution is 5.36. The second-order valence-electron chi connectivity index (χ2n) is 13.3. The number of benzene rings is 2. The van der Waals surface area contributed by atoms with Gasteiger partial charge in [0.15, 0.2) is 0 Å². The largest absolute Gasteiger partial charge is 0.508 e. The molecule has 0 amide bonds. The molecule has 238 valence electrons. The normalized spacial score (nSPS) is 26.8. The quantitative estimate of drug-likeness (QED) is 0.145. The average Bonchev–Trinajstić information content (AvgIpc) is 3.59. The molecule has 1 saturated carbocycles. The van der Waals surface area contributed by atoms with Crippen LogP contribution in [-0.4, -0.2) is 83.2 Å². The van der Waals surface area contributed by atoms with Gasteiger partial charge in [-0.05, 0) is 48.4 Å². The van der Waals surface area contributed by atoms with E-state index in [1.807, 2.05) is 18.2 Å². The Bertz CT molecular complexity index is 1130. The summed E-state index contributed by atoms with van der Waals surface area (Å²) < 4.78 is 14.1. The molecule has 43 heavy (non-hydrogen) atoms. The molecule has 2 bridgehead atoms. The second kappa shape index (κ2) is 14.8. The number of phenols is 1. The summed E-state index contributed by atoms with van der Waals surface area (Å²) in [6.45, 7) is 7.38. The van der Waals surface area contributed by atoms with Crippen molar-refractivity contribution >= 4 is 0 Å². The third-order valence-electron chi connectivity index (χ3n) is 10.5. The molecule has 0 spiro atoms. The second-order valence-corrected chi connectivity index (χ2v) is 13.3. The Morgan fingerprint density at radius 1 is 1.05 bits per heavy atom. The van der Waals surface area contributed by atoms with E-state index in [9.17, 15) is 20.4 Å². The summed E-state index contributed by atoms with van der Waals surface area (Å²) in [4.78, 5) is 0. The first-order valence-electron chi connectivity index (χ1n) is 16.6. The van der Waals surface area contributed by atoms with Crippen LogP contribution < -0.4 is 5.32 Å². The Morgan fingerprint density at radius 2 is 1.79 bits per heavy atom. The fourth-order valence-corrected chi connectivity index (χ4v) is 7.72. The highest BCUT2D eigenvalue weighted by atomic mass is 16.5. The van der Waals surface area contributed by atoms with Gasteiger partial charge in [0.2, 0.25) is 0 Å². The number of nitrogens with zero attached hydrogens (tertiary/aromatic N) is 1. The van der Waals surface area contributed by atoms with Crippen molar-refractivity contribution in [2.75, 3.05) is 45.9 Å². The van der Waals surface area contributed by atoms with Crippen molar-refractivity contribution in [3.8, 4) is 5.75 Å². The first-order valence-corrected chi connectivity index (χ1v) is 16.6. The first-order chi connectivity index (χ1) is 20.9. The third kappa shape index (κ3) is 7.79. The van der Waals surface area contributed by atoms with Crippen molar-refractivity contribution in [1.29, 1.82) is 0 Å². The molecule has 8 heteroatoms. The van der Waals surface area contributed by atoms with Crippen LogP contribution in [0.2, 0.25) is 0 Å². The van der Waals surface area contributed by atoms with Crippen molar-refractivity contribution < 1.29 is 34.4 Å². The molecule has 3 heterocycles. The number of nitrogens with one attached hydrogen (secondary N) is 1. The molecule has 1 aliphatic carbocycles. The molecule has 3 saturated heterocycles. The van der Waals surface area contributed by atoms with E-state index in [-0.39, 0.29) is 30.6 Å². The number of piperidine rings is 3. The van der Waals surface area contributed by atoms with Gasteiger partial charge in [0.1, 0.15) is 36.8 Å². The Morgan fingerprint density at radius 3 is 2.49 bits per heavy atom. The molecule has 1 unspecified atom stereocenters. The molecule has 0 radical (unpaired) electrons. The number of ether oxygens (including phenoxy) is 2. The zero-order valence-corrected chi connectivity index (χ0v) is 25.9. The summed E-state index contributed by atoms with van der Waals surface area (Å²) in [5.41, 5.74) is 1.11. The van der Waals surface area contributed by atoms with Gasteiger partial charge in [-0.25, -0.2) is 0 Å². The fraction of sp³-hybridized carbons (Fsp3) is 0.657. The molecule has 8 nitrogen and oxygen atoms in total. The lowest BCUT2D eigenvalue weighted by atomic mass is 9.80. The summed E-state index contributed by atoms with van der Waals surface area (Å²) in [5.74, 6) is 0.841. The van der Waals surface area contributed by atoms with Crippen molar-refractivity contribution in [1.82, 2.24) is 5.32 Å². The molecule has 4 atom stereocenters. The van der Waals surface area contributed by atoms with E-state index in [0.717, 1.165) is 74.8 Å². The van der Waals surface area contributed by atoms with Crippen LogP contribution in [0.15, 0.2) is 48.5 Å². The number of aromatic hydroxyl groups is 1. The van der Waals surface area contributed by atoms with Gasteiger partial charge < -0.3 is 34.4 Å². The summed E-state index contributed by atoms with van der Waals surface area (Å²) >= 11 is 0. The number of rotatable bonds is 16. The highest BCUT2D eigenvalue weighted by Gasteiger charge is 2.48. The Hall–Kier alpha value is -2.04. The topological polar surface area (TPSA) is 111 Å². The zero-order valence-electron chi connectivity index (χ0n) is 25.9. The standard InChI is InChI=1S/C35H52N2O6/c1-2-8-34(36-22-32(40)27-13-14-31(39)28(21-27)24-38)42-20-19-37-17-15-26(16-18-37)33(23-37)43-25-35(41,30-11-6-7-12-30)29-9-4-3-5-10-29/h3-5,9-10,13-14,21,26,30,32-34,36,38,40-41H,2,6-8,11-12,15-20,22-25H2,1H3/p+1/t26?,32-,33-,34?,35+,37?/m0/s1. The van der Waals surface area contributed by atoms with Crippen LogP contribution in [-0.2, 0) is 21.7 Å². The predicted octanol–water partition coefficient (Wildman–Crippen LogP) is 4.35. The Balaban J connectivity index is 1.13. The van der Waals surface area contributed by atoms with Crippen molar-refractivity contribution in [3.63, 3.8) is 0 Å². The number of aliphatic hydroxyl groups excluding tert-OH is 2. The summed E-state index contributed by atoms with van der Waals surface area (Å²) in [7, 11) is 0. The Kier molecular flexibility index (Phi) is 11.2. The summed E-state index contributed by atoms with van der Waals surface area (Å²) in [5, 5.41) is 45.4. The van der Waals surface area contributed by atoms with Crippen molar-refractivity contribution in [2.45, 2.75) is 88.9 Å². The molecular weight excluding hydrogens is 544 g/mol. The van der Waals surface area contributed by atoms with Gasteiger partial charge >= 0.3 is 0 Å². The maximum Gasteiger partial charge on any atom is 0.121 e. The van der Waals surface area contributed by atoms with E-state index in [4.69, 9.17) is 9.47 Å². The molecule has 5 N–H and O–H groups in total. The van der Waals surface area contributed by atoms with E-state index in [0.29, 0.717) is 36.8 Å². The van der Waals surface area contributed by atoms with E-state index in [1.54, 1.807) is 12.1 Å². The van der Waals surface area contributed by atoms with Crippen LogP contribution in [0.5, 0.6) is 5.75 Å². The lowest BCUT2D eigenvalue weighted by molar-refractivity contribution is -0.946. The maximum atomic E-state index is 12.0. The minimum atomic E-state index is -0.929. The number of fused-ring (bicyclic) bond motifs is 3. The SMILES string of the molecule is CCCC(NC[C@H](O)c1ccc(O)c(CO)c1)OCC[N+]12CCC(CC1)[C@@H](OC[C@@](O)(c1ccccc1)C1CCCC1)C2. The molecule has 6 rings (SSSR count). The van der Waals surface area contributed by atoms with Crippen LogP contribution in [0.25, 0.3) is 0 Å². The lowest BCUT2D eigenvalue weighted by Gasteiger charge is -2.53. The summed E-state index contributed by atoms with van der Waals surface area (Å²) in [6, 6.07) is 15.0. The Labute approximate surface area is 257 Å². The van der Waals surface area contributed by atoms with E-state index in [2.05, 4.69) is 24.4 Å². The predicted molar refractivity (Wildman–Crippen MR) is 166 cm³/mol. The highest BCUT2D eigenvalue weighted by Crippen LogP contribution is 2.42. The van der Waals surface area contributed by atoms with Gasteiger partial charge in [-0.3, -0.25) is 5.32 Å². The maximum absolute atomic E-state index is 12.0. The molecule has 0 aromatic heterocycles. The monoisotopic (exact) mass is 597 g/mol. The molecule has 3 aliphatic heterocycles. The number of aliphatic hydroxyl groups is 3. The van der Waals surface area contributed by atoms with Gasteiger partial charge in [-0.15, -0.1) is 0 Å². The fourth-order valence-electron chi connectivity index (χ4n) is 7.72. The number of quaternary nitrogens is 1. The lowest BCUT2D eigenvalue weighted by Crippen LogP contribution is -2.65. The van der Waals surface area contributed by atoms with Gasteiger partial charge in [0, 0.05) is 30.9 Å². The van der Waals surface area contributed by atoms with Gasteiger partial charge in [0.05, 0.1) is 39.0 Å².